The lowest BCUT2D eigenvalue weighted by molar-refractivity contribution is -0.140. The number of ketones is 1. The van der Waals surface area contributed by atoms with Gasteiger partial charge in [0.25, 0.3) is 0 Å². The van der Waals surface area contributed by atoms with Gasteiger partial charge in [-0.25, -0.2) is 4.79 Å². The zero-order valence-electron chi connectivity index (χ0n) is 15.9. The van der Waals surface area contributed by atoms with Gasteiger partial charge in [0.05, 0.1) is 6.61 Å². The van der Waals surface area contributed by atoms with Gasteiger partial charge in [0.1, 0.15) is 18.1 Å². The molecular weight excluding hydrogens is 378 g/mol. The van der Waals surface area contributed by atoms with Gasteiger partial charge in [-0.15, -0.1) is 0 Å². The average Bonchev–Trinajstić information content (AvgIpc) is 2.70. The number of aliphatic hydroxyl groups is 1. The molecule has 0 heterocycles. The van der Waals surface area contributed by atoms with Crippen molar-refractivity contribution >= 4 is 29.2 Å². The molecule has 0 amide bonds. The molecule has 2 aromatic carbocycles. The molecule has 28 heavy (non-hydrogen) atoms. The molecule has 0 aliphatic rings. The minimum absolute atomic E-state index is 0.0207. The van der Waals surface area contributed by atoms with Gasteiger partial charge in [-0.1, -0.05) is 30.3 Å². The Kier molecular flexibility index (Phi) is 8.71. The van der Waals surface area contributed by atoms with Crippen molar-refractivity contribution in [3.8, 4) is 5.75 Å². The van der Waals surface area contributed by atoms with Crippen molar-refractivity contribution in [1.82, 2.24) is 0 Å². The molecule has 148 valence electrons. The summed E-state index contributed by atoms with van der Waals surface area (Å²) in [5.41, 5.74) is 0.730. The maximum absolute atomic E-state index is 12.6. The number of benzene rings is 2. The van der Waals surface area contributed by atoms with E-state index in [9.17, 15) is 9.59 Å². The molecule has 0 saturated heterocycles. The Morgan fingerprint density at radius 1 is 1.04 bits per heavy atom. The zero-order valence-corrected chi connectivity index (χ0v) is 16.7. The lowest BCUT2D eigenvalue weighted by atomic mass is 10.0. The maximum Gasteiger partial charge on any atom is 0.331 e. The Labute approximate surface area is 168 Å². The number of Topliss-reactive ketones (excluding diaryl/α,β-unsaturated/α-hetero) is 1. The maximum atomic E-state index is 12.6. The first-order valence-electron chi connectivity index (χ1n) is 8.94. The number of aliphatic hydroxyl groups excluding tert-OH is 1. The summed E-state index contributed by atoms with van der Waals surface area (Å²) in [5, 5.41) is 12.5. The molecule has 0 spiro atoms. The second-order valence-electron chi connectivity index (χ2n) is 5.87. The summed E-state index contributed by atoms with van der Waals surface area (Å²) in [6.07, 6.45) is 1.16. The van der Waals surface area contributed by atoms with Gasteiger partial charge in [-0.3, -0.25) is 4.79 Å². The van der Waals surface area contributed by atoms with Crippen molar-refractivity contribution < 1.29 is 24.3 Å². The summed E-state index contributed by atoms with van der Waals surface area (Å²) in [7, 11) is 0. The third-order valence-electron chi connectivity index (χ3n) is 3.57. The van der Waals surface area contributed by atoms with E-state index in [1.54, 1.807) is 23.9 Å². The number of hydrogen-bond donors (Lipinski definition) is 1. The van der Waals surface area contributed by atoms with Gasteiger partial charge in [0.2, 0.25) is 5.78 Å². The summed E-state index contributed by atoms with van der Waals surface area (Å²) in [6, 6.07) is 14.8. The molecule has 0 saturated carbocycles. The van der Waals surface area contributed by atoms with E-state index in [-0.39, 0.29) is 24.7 Å². The second-order valence-corrected chi connectivity index (χ2v) is 7.02. The van der Waals surface area contributed by atoms with E-state index in [0.717, 1.165) is 16.2 Å². The minimum atomic E-state index is -0.555. The molecule has 0 aromatic heterocycles. The van der Waals surface area contributed by atoms with Crippen molar-refractivity contribution in [2.75, 3.05) is 13.2 Å². The number of nitrogens with zero attached hydrogens (tertiary/aromatic N) is 1. The van der Waals surface area contributed by atoms with Crippen LogP contribution in [0, 0.1) is 0 Å². The number of carbonyl (C=O) groups is 2. The second kappa shape index (κ2) is 11.3. The number of oxime groups is 1. The molecule has 0 aliphatic carbocycles. The standard InChI is InChI=1S/C21H23NO5S/c1-3-4-20(22-27-15(2)24)21(25)16-5-9-18(10-6-16)28-19-11-7-17(8-12-19)26-14-13-23/h5-12,23H,3-4,13-14H2,1-2H3/b22-20+. The molecule has 2 rings (SSSR count). The van der Waals surface area contributed by atoms with E-state index < -0.39 is 5.97 Å². The van der Waals surface area contributed by atoms with Crippen LogP contribution in [0.15, 0.2) is 63.5 Å². The third-order valence-corrected chi connectivity index (χ3v) is 4.58. The van der Waals surface area contributed by atoms with Gasteiger partial charge in [-0.05, 0) is 55.0 Å². The average molecular weight is 401 g/mol. The van der Waals surface area contributed by atoms with Crippen molar-refractivity contribution in [3.63, 3.8) is 0 Å². The van der Waals surface area contributed by atoms with E-state index in [4.69, 9.17) is 9.84 Å². The molecule has 1 N–H and O–H groups in total. The first-order chi connectivity index (χ1) is 13.5. The summed E-state index contributed by atoms with van der Waals surface area (Å²) < 4.78 is 5.34. The van der Waals surface area contributed by atoms with Crippen LogP contribution in [0.25, 0.3) is 0 Å². The van der Waals surface area contributed by atoms with Gasteiger partial charge >= 0.3 is 5.97 Å². The molecule has 0 radical (unpaired) electrons. The highest BCUT2D eigenvalue weighted by Crippen LogP contribution is 2.29. The van der Waals surface area contributed by atoms with E-state index >= 15 is 0 Å². The van der Waals surface area contributed by atoms with Crippen molar-refractivity contribution in [2.24, 2.45) is 5.16 Å². The Morgan fingerprint density at radius 2 is 1.64 bits per heavy atom. The van der Waals surface area contributed by atoms with E-state index in [0.29, 0.717) is 17.7 Å². The lowest BCUT2D eigenvalue weighted by Gasteiger charge is -2.07. The first-order valence-corrected chi connectivity index (χ1v) is 9.76. The fourth-order valence-electron chi connectivity index (χ4n) is 2.30. The predicted molar refractivity (Wildman–Crippen MR) is 108 cm³/mol. The first kappa shape index (κ1) is 21.7. The predicted octanol–water partition coefficient (Wildman–Crippen LogP) is 4.11. The molecule has 0 fully saturated rings. The molecular formula is C21H23NO5S. The summed E-state index contributed by atoms with van der Waals surface area (Å²) in [6.45, 7) is 3.42. The molecule has 0 bridgehead atoms. The van der Waals surface area contributed by atoms with Crippen molar-refractivity contribution in [3.05, 3.63) is 54.1 Å². The fourth-order valence-corrected chi connectivity index (χ4v) is 3.12. The monoisotopic (exact) mass is 401 g/mol. The number of hydrogen-bond acceptors (Lipinski definition) is 7. The highest BCUT2D eigenvalue weighted by molar-refractivity contribution is 7.99. The number of rotatable bonds is 10. The van der Waals surface area contributed by atoms with E-state index in [1.165, 1.54) is 6.92 Å². The molecule has 0 atom stereocenters. The minimum Gasteiger partial charge on any atom is -0.491 e. The smallest absolute Gasteiger partial charge is 0.331 e. The van der Waals surface area contributed by atoms with Crippen LogP contribution in [0.5, 0.6) is 5.75 Å². The highest BCUT2D eigenvalue weighted by Gasteiger charge is 2.15. The summed E-state index contributed by atoms with van der Waals surface area (Å²) in [5.74, 6) is -0.0965. The van der Waals surface area contributed by atoms with E-state index in [1.807, 2.05) is 43.3 Å². The van der Waals surface area contributed by atoms with Crippen LogP contribution >= 0.6 is 11.8 Å². The Balaban J connectivity index is 2.04. The van der Waals surface area contributed by atoms with Crippen LogP contribution in [0.1, 0.15) is 37.0 Å². The topological polar surface area (TPSA) is 85.2 Å². The van der Waals surface area contributed by atoms with Crippen LogP contribution in [0.4, 0.5) is 0 Å². The Bertz CT molecular complexity index is 816. The largest absolute Gasteiger partial charge is 0.491 e. The van der Waals surface area contributed by atoms with Crippen molar-refractivity contribution in [1.29, 1.82) is 0 Å². The van der Waals surface area contributed by atoms with Crippen LogP contribution in [0.3, 0.4) is 0 Å². The molecule has 0 unspecified atom stereocenters. The normalized spacial score (nSPS) is 11.2. The van der Waals surface area contributed by atoms with Gasteiger partial charge in [0.15, 0.2) is 0 Å². The Hall–Kier alpha value is -2.64. The molecule has 2 aromatic rings. The SMILES string of the molecule is CCC/C(=N\OC(C)=O)C(=O)c1ccc(Sc2ccc(OCCO)cc2)cc1. The van der Waals surface area contributed by atoms with Crippen LogP contribution in [-0.2, 0) is 9.63 Å². The van der Waals surface area contributed by atoms with E-state index in [2.05, 4.69) is 9.99 Å². The Morgan fingerprint density at radius 3 is 2.18 bits per heavy atom. The molecule has 6 nitrogen and oxygen atoms in total. The van der Waals surface area contributed by atoms with Crippen LogP contribution in [0.2, 0.25) is 0 Å². The third kappa shape index (κ3) is 6.83. The van der Waals surface area contributed by atoms with Crippen LogP contribution < -0.4 is 4.74 Å². The summed E-state index contributed by atoms with van der Waals surface area (Å²) in [4.78, 5) is 30.2. The quantitative estimate of drug-likeness (QED) is 0.279. The zero-order chi connectivity index (χ0) is 20.4. The molecule has 7 heteroatoms. The molecule has 0 aliphatic heterocycles. The van der Waals surface area contributed by atoms with Gasteiger partial charge < -0.3 is 14.7 Å². The van der Waals surface area contributed by atoms with Gasteiger partial charge in [-0.2, -0.15) is 0 Å². The number of carbonyl (C=O) groups excluding carboxylic acids is 2. The lowest BCUT2D eigenvalue weighted by Crippen LogP contribution is -2.15. The van der Waals surface area contributed by atoms with Gasteiger partial charge in [0, 0.05) is 22.3 Å². The summed E-state index contributed by atoms with van der Waals surface area (Å²) >= 11 is 1.56. The highest BCUT2D eigenvalue weighted by atomic mass is 32.2. The number of ether oxygens (including phenoxy) is 1. The van der Waals surface area contributed by atoms with Crippen LogP contribution in [-0.4, -0.2) is 35.8 Å². The van der Waals surface area contributed by atoms with Crippen molar-refractivity contribution in [2.45, 2.75) is 36.5 Å². The fraction of sp³-hybridized carbons (Fsp3) is 0.286.